The van der Waals surface area contributed by atoms with Crippen LogP contribution in [0.1, 0.15) is 46.0 Å². The lowest BCUT2D eigenvalue weighted by Gasteiger charge is -2.23. The third kappa shape index (κ3) is 11.3. The Labute approximate surface area is 179 Å². The zero-order chi connectivity index (χ0) is 24.1. The number of carbonyl (C=O) groups is 5. The monoisotopic (exact) mass is 447 g/mol. The van der Waals surface area contributed by atoms with Crippen molar-refractivity contribution in [2.75, 3.05) is 6.54 Å². The third-order valence-electron chi connectivity index (χ3n) is 4.42. The number of unbranched alkanes of at least 4 members (excludes halogenated alkanes) is 1. The summed E-state index contributed by atoms with van der Waals surface area (Å²) in [6, 6.07) is -5.00. The van der Waals surface area contributed by atoms with Crippen molar-refractivity contribution in [3.05, 3.63) is 0 Å². The van der Waals surface area contributed by atoms with Gasteiger partial charge in [0.1, 0.15) is 24.2 Å². The van der Waals surface area contributed by atoms with Gasteiger partial charge in [-0.25, -0.2) is 4.79 Å². The zero-order valence-corrected chi connectivity index (χ0v) is 17.7. The first-order valence-corrected chi connectivity index (χ1v) is 9.90. The quantitative estimate of drug-likeness (QED) is 0.120. The van der Waals surface area contributed by atoms with E-state index in [0.717, 1.165) is 0 Å². The molecule has 31 heavy (non-hydrogen) atoms. The molecular weight excluding hydrogens is 414 g/mol. The Kier molecular flexibility index (Phi) is 13.0. The van der Waals surface area contributed by atoms with Gasteiger partial charge < -0.3 is 42.7 Å². The summed E-state index contributed by atoms with van der Waals surface area (Å²) in [6.07, 6.45) is -0.712. The second-order valence-corrected chi connectivity index (χ2v) is 7.17. The molecule has 0 spiro atoms. The second kappa shape index (κ2) is 14.3. The molecule has 3 amide bonds. The van der Waals surface area contributed by atoms with Crippen LogP contribution in [0.3, 0.4) is 0 Å². The molecule has 13 heteroatoms. The Balaban J connectivity index is 5.06. The maximum Gasteiger partial charge on any atom is 0.326 e. The summed E-state index contributed by atoms with van der Waals surface area (Å²) in [5.41, 5.74) is 10.9. The Morgan fingerprint density at radius 2 is 1.42 bits per heavy atom. The van der Waals surface area contributed by atoms with E-state index in [9.17, 15) is 34.2 Å². The highest BCUT2D eigenvalue weighted by atomic mass is 16.4. The molecule has 0 aliphatic carbocycles. The van der Waals surface area contributed by atoms with Crippen molar-refractivity contribution in [2.24, 2.45) is 11.5 Å². The number of nitrogens with two attached hydrogens (primary N) is 2. The average molecular weight is 447 g/mol. The minimum atomic E-state index is -1.34. The minimum Gasteiger partial charge on any atom is -0.481 e. The molecule has 10 N–H and O–H groups in total. The van der Waals surface area contributed by atoms with Crippen molar-refractivity contribution in [3.63, 3.8) is 0 Å². The Morgan fingerprint density at radius 3 is 1.90 bits per heavy atom. The highest BCUT2D eigenvalue weighted by molar-refractivity contribution is 5.94. The number of aliphatic carboxylic acids is 2. The van der Waals surface area contributed by atoms with Gasteiger partial charge in [0.2, 0.25) is 17.7 Å². The largest absolute Gasteiger partial charge is 0.481 e. The number of nitrogens with one attached hydrogen (secondary N) is 3. The van der Waals surface area contributed by atoms with E-state index in [1.54, 1.807) is 0 Å². The van der Waals surface area contributed by atoms with Crippen LogP contribution < -0.4 is 27.4 Å². The normalized spacial score (nSPS) is 15.6. The van der Waals surface area contributed by atoms with Crippen LogP contribution in [-0.2, 0) is 24.0 Å². The molecule has 5 atom stereocenters. The van der Waals surface area contributed by atoms with Gasteiger partial charge in [0.05, 0.1) is 6.10 Å². The smallest absolute Gasteiger partial charge is 0.326 e. The zero-order valence-electron chi connectivity index (χ0n) is 17.7. The fourth-order valence-electron chi connectivity index (χ4n) is 2.45. The van der Waals surface area contributed by atoms with Gasteiger partial charge in [-0.2, -0.15) is 0 Å². The van der Waals surface area contributed by atoms with E-state index >= 15 is 0 Å². The Morgan fingerprint density at radius 1 is 0.839 bits per heavy atom. The summed E-state index contributed by atoms with van der Waals surface area (Å²) in [5.74, 6) is -4.94. The molecule has 0 aromatic heterocycles. The highest BCUT2D eigenvalue weighted by Crippen LogP contribution is 2.03. The molecule has 0 bridgehead atoms. The van der Waals surface area contributed by atoms with Gasteiger partial charge in [0, 0.05) is 6.42 Å². The lowest BCUT2D eigenvalue weighted by atomic mass is 10.1. The van der Waals surface area contributed by atoms with Gasteiger partial charge in [-0.1, -0.05) is 0 Å². The highest BCUT2D eigenvalue weighted by Gasteiger charge is 2.29. The maximum atomic E-state index is 12.5. The molecule has 0 aliphatic rings. The molecule has 0 saturated heterocycles. The molecule has 0 aliphatic heterocycles. The van der Waals surface area contributed by atoms with E-state index in [1.807, 2.05) is 0 Å². The van der Waals surface area contributed by atoms with Gasteiger partial charge in [-0.05, 0) is 46.1 Å². The van der Waals surface area contributed by atoms with E-state index in [4.69, 9.17) is 16.6 Å². The topological polar surface area (TPSA) is 234 Å². The van der Waals surface area contributed by atoms with Gasteiger partial charge in [-0.3, -0.25) is 19.2 Å². The van der Waals surface area contributed by atoms with Gasteiger partial charge in [0.15, 0.2) is 0 Å². The minimum absolute atomic E-state index is 0.160. The summed E-state index contributed by atoms with van der Waals surface area (Å²) in [7, 11) is 0. The Hall–Kier alpha value is -2.77. The van der Waals surface area contributed by atoms with Crippen molar-refractivity contribution in [1.29, 1.82) is 0 Å². The SMILES string of the molecule is CC(NC(=O)C(CCC(=O)O)NC(=O)C(N)C(C)O)C(=O)NC(CCCCN)C(=O)O. The molecule has 0 aromatic rings. The van der Waals surface area contributed by atoms with Crippen molar-refractivity contribution >= 4 is 29.7 Å². The molecule has 0 aromatic carbocycles. The molecular formula is C18H33N5O8. The summed E-state index contributed by atoms with van der Waals surface area (Å²) in [6.45, 7) is 2.97. The number of carbonyl (C=O) groups excluding carboxylic acids is 3. The van der Waals surface area contributed by atoms with Crippen LogP contribution in [0, 0.1) is 0 Å². The molecule has 0 saturated carbocycles. The predicted molar refractivity (Wildman–Crippen MR) is 109 cm³/mol. The van der Waals surface area contributed by atoms with E-state index in [1.165, 1.54) is 13.8 Å². The molecule has 0 fully saturated rings. The van der Waals surface area contributed by atoms with Crippen molar-refractivity contribution < 1.29 is 39.3 Å². The lowest BCUT2D eigenvalue weighted by Crippen LogP contribution is -2.57. The number of hydrogen-bond donors (Lipinski definition) is 8. The number of aliphatic hydroxyl groups is 1. The van der Waals surface area contributed by atoms with Crippen LogP contribution in [0.2, 0.25) is 0 Å². The molecule has 0 radical (unpaired) electrons. The number of aliphatic hydroxyl groups excluding tert-OH is 1. The molecule has 5 unspecified atom stereocenters. The van der Waals surface area contributed by atoms with Gasteiger partial charge in [-0.15, -0.1) is 0 Å². The van der Waals surface area contributed by atoms with Gasteiger partial charge in [0.25, 0.3) is 0 Å². The first-order chi connectivity index (χ1) is 14.4. The van der Waals surface area contributed by atoms with Crippen molar-refractivity contribution in [2.45, 2.75) is 76.2 Å². The van der Waals surface area contributed by atoms with Crippen LogP contribution in [0.5, 0.6) is 0 Å². The van der Waals surface area contributed by atoms with Crippen LogP contribution in [0.15, 0.2) is 0 Å². The molecule has 0 heterocycles. The summed E-state index contributed by atoms with van der Waals surface area (Å²) < 4.78 is 0. The maximum absolute atomic E-state index is 12.5. The number of amides is 3. The predicted octanol–water partition coefficient (Wildman–Crippen LogP) is -2.75. The second-order valence-electron chi connectivity index (χ2n) is 7.17. The van der Waals surface area contributed by atoms with E-state index in [-0.39, 0.29) is 12.8 Å². The lowest BCUT2D eigenvalue weighted by molar-refractivity contribution is -0.142. The van der Waals surface area contributed by atoms with Crippen LogP contribution in [-0.4, -0.2) is 81.8 Å². The third-order valence-corrected chi connectivity index (χ3v) is 4.42. The van der Waals surface area contributed by atoms with Crippen LogP contribution in [0.25, 0.3) is 0 Å². The van der Waals surface area contributed by atoms with E-state index in [0.29, 0.717) is 19.4 Å². The number of carboxylic acid groups (broad SMARTS) is 2. The van der Waals surface area contributed by atoms with E-state index in [2.05, 4.69) is 16.0 Å². The van der Waals surface area contributed by atoms with E-state index < -0.39 is 66.4 Å². The fraction of sp³-hybridized carbons (Fsp3) is 0.722. The van der Waals surface area contributed by atoms with Crippen molar-refractivity contribution in [3.8, 4) is 0 Å². The van der Waals surface area contributed by atoms with Gasteiger partial charge >= 0.3 is 11.9 Å². The summed E-state index contributed by atoms with van der Waals surface area (Å²) in [5, 5.41) is 34.4. The molecule has 13 nitrogen and oxygen atoms in total. The summed E-state index contributed by atoms with van der Waals surface area (Å²) in [4.78, 5) is 59.0. The molecule has 178 valence electrons. The van der Waals surface area contributed by atoms with Crippen LogP contribution in [0.4, 0.5) is 0 Å². The molecule has 0 rings (SSSR count). The van der Waals surface area contributed by atoms with Crippen LogP contribution >= 0.6 is 0 Å². The fourth-order valence-corrected chi connectivity index (χ4v) is 2.45. The standard InChI is InChI=1S/C18H33N5O8/c1-9(15(27)23-12(18(30)31)5-3-4-8-19)21-16(28)11(6-7-13(25)26)22-17(29)14(20)10(2)24/h9-12,14,24H,3-8,19-20H2,1-2H3,(H,21,28)(H,22,29)(H,23,27)(H,25,26)(H,30,31). The summed E-state index contributed by atoms with van der Waals surface area (Å²) >= 11 is 0. The van der Waals surface area contributed by atoms with Crippen molar-refractivity contribution in [1.82, 2.24) is 16.0 Å². The first-order valence-electron chi connectivity index (χ1n) is 9.90. The number of rotatable bonds is 15. The Bertz CT molecular complexity index is 642. The number of carboxylic acids is 2. The average Bonchev–Trinajstić information content (AvgIpc) is 2.68. The first kappa shape index (κ1) is 28.2. The number of hydrogen-bond acceptors (Lipinski definition) is 8.